The molecule has 32 heavy (non-hydrogen) atoms. The largest absolute Gasteiger partial charge is 0.497 e. The number of nitrogens with zero attached hydrogens (tertiary/aromatic N) is 1. The molecule has 0 spiro atoms. The highest BCUT2D eigenvalue weighted by Gasteiger charge is 2.32. The van der Waals surface area contributed by atoms with Crippen molar-refractivity contribution >= 4 is 21.6 Å². The molecule has 0 fully saturated rings. The van der Waals surface area contributed by atoms with Crippen molar-refractivity contribution in [1.29, 1.82) is 0 Å². The molecule has 0 saturated heterocycles. The Balaban J connectivity index is 2.40. The zero-order valence-electron chi connectivity index (χ0n) is 19.3. The number of amides is 1. The Labute approximate surface area is 189 Å². The summed E-state index contributed by atoms with van der Waals surface area (Å²) in [6.45, 7) is 3.28. The SMILES string of the molecule is COc1ccc(OC)c([C@H](C)NC(=O)[C@H](C)N(c2cc(OC)ccc2OC)S(C)(=O)=O)c1. The molecule has 0 aliphatic heterocycles. The summed E-state index contributed by atoms with van der Waals surface area (Å²) in [4.78, 5) is 13.1. The minimum absolute atomic E-state index is 0.198. The standard InChI is InChI=1S/C22H30N2O7S/c1-14(18-12-16(28-3)8-10-20(18)30-5)23-22(25)15(2)24(32(7,26)27)19-13-17(29-4)9-11-21(19)31-6/h8-15H,1-7H3,(H,23,25)/t14-,15-/m0/s1. The third kappa shape index (κ3) is 5.56. The molecule has 0 unspecified atom stereocenters. The summed E-state index contributed by atoms with van der Waals surface area (Å²) in [5.41, 5.74) is 0.890. The molecular weight excluding hydrogens is 436 g/mol. The van der Waals surface area contributed by atoms with Gasteiger partial charge < -0.3 is 24.3 Å². The zero-order chi connectivity index (χ0) is 24.1. The van der Waals surface area contributed by atoms with Crippen molar-refractivity contribution < 1.29 is 32.2 Å². The van der Waals surface area contributed by atoms with Crippen LogP contribution in [-0.4, -0.2) is 55.1 Å². The van der Waals surface area contributed by atoms with Gasteiger partial charge >= 0.3 is 0 Å². The van der Waals surface area contributed by atoms with Crippen LogP contribution in [0.25, 0.3) is 0 Å². The van der Waals surface area contributed by atoms with E-state index >= 15 is 0 Å². The average Bonchev–Trinajstić information content (AvgIpc) is 2.77. The number of anilines is 1. The van der Waals surface area contributed by atoms with E-state index in [1.807, 2.05) is 0 Å². The van der Waals surface area contributed by atoms with Gasteiger partial charge in [0.15, 0.2) is 0 Å². The van der Waals surface area contributed by atoms with Crippen molar-refractivity contribution in [1.82, 2.24) is 5.32 Å². The molecule has 2 aromatic rings. The molecule has 0 aliphatic rings. The number of carbonyl (C=O) groups excluding carboxylic acids is 1. The van der Waals surface area contributed by atoms with Gasteiger partial charge in [-0.05, 0) is 44.2 Å². The summed E-state index contributed by atoms with van der Waals surface area (Å²) >= 11 is 0. The van der Waals surface area contributed by atoms with E-state index in [1.165, 1.54) is 34.3 Å². The first-order chi connectivity index (χ1) is 15.1. The number of hydrogen-bond acceptors (Lipinski definition) is 7. The van der Waals surface area contributed by atoms with E-state index in [9.17, 15) is 13.2 Å². The Morgan fingerprint density at radius 2 is 1.41 bits per heavy atom. The normalized spacial score (nSPS) is 13.0. The molecular formula is C22H30N2O7S. The van der Waals surface area contributed by atoms with E-state index in [0.717, 1.165) is 10.6 Å². The van der Waals surface area contributed by atoms with Gasteiger partial charge in [-0.1, -0.05) is 0 Å². The number of sulfonamides is 1. The van der Waals surface area contributed by atoms with Crippen LogP contribution in [0.2, 0.25) is 0 Å². The van der Waals surface area contributed by atoms with Gasteiger partial charge in [0.1, 0.15) is 29.0 Å². The molecule has 1 N–H and O–H groups in total. The molecule has 0 bridgehead atoms. The Bertz CT molecular complexity index is 1060. The molecule has 2 rings (SSSR count). The summed E-state index contributed by atoms with van der Waals surface area (Å²) < 4.78 is 47.6. The van der Waals surface area contributed by atoms with Gasteiger partial charge in [0, 0.05) is 11.6 Å². The monoisotopic (exact) mass is 466 g/mol. The minimum atomic E-state index is -3.85. The number of ether oxygens (including phenoxy) is 4. The molecule has 0 aliphatic carbocycles. The van der Waals surface area contributed by atoms with Crippen molar-refractivity contribution in [2.24, 2.45) is 0 Å². The third-order valence-electron chi connectivity index (χ3n) is 4.97. The second kappa shape index (κ2) is 10.4. The first-order valence-corrected chi connectivity index (χ1v) is 11.7. The van der Waals surface area contributed by atoms with E-state index in [0.29, 0.717) is 28.6 Å². The molecule has 0 aromatic heterocycles. The van der Waals surface area contributed by atoms with Crippen LogP contribution in [-0.2, 0) is 14.8 Å². The smallest absolute Gasteiger partial charge is 0.244 e. The van der Waals surface area contributed by atoms with Crippen molar-refractivity contribution in [3.63, 3.8) is 0 Å². The average molecular weight is 467 g/mol. The third-order valence-corrected chi connectivity index (χ3v) is 6.20. The van der Waals surface area contributed by atoms with Gasteiger partial charge in [0.25, 0.3) is 0 Å². The van der Waals surface area contributed by atoms with E-state index < -0.39 is 28.0 Å². The Morgan fingerprint density at radius 1 is 0.875 bits per heavy atom. The Kier molecular flexibility index (Phi) is 8.20. The Hall–Kier alpha value is -3.14. The second-order valence-electron chi connectivity index (χ2n) is 7.11. The number of rotatable bonds is 10. The fourth-order valence-electron chi connectivity index (χ4n) is 3.34. The molecule has 1 amide bonds. The van der Waals surface area contributed by atoms with Crippen molar-refractivity contribution in [3.8, 4) is 23.0 Å². The first-order valence-electron chi connectivity index (χ1n) is 9.81. The summed E-state index contributed by atoms with van der Waals surface area (Å²) in [6, 6.07) is 8.43. The predicted octanol–water partition coefficient (Wildman–Crippen LogP) is 2.75. The lowest BCUT2D eigenvalue weighted by atomic mass is 10.1. The summed E-state index contributed by atoms with van der Waals surface area (Å²) in [5, 5.41) is 2.86. The molecule has 2 atom stereocenters. The number of methoxy groups -OCH3 is 4. The van der Waals surface area contributed by atoms with Crippen molar-refractivity contribution in [2.75, 3.05) is 39.0 Å². The second-order valence-corrected chi connectivity index (χ2v) is 8.97. The zero-order valence-corrected chi connectivity index (χ0v) is 20.1. The fourth-order valence-corrected chi connectivity index (χ4v) is 4.51. The van der Waals surface area contributed by atoms with Crippen LogP contribution in [0.15, 0.2) is 36.4 Å². The van der Waals surface area contributed by atoms with Gasteiger partial charge in [0.2, 0.25) is 15.9 Å². The molecule has 0 heterocycles. The van der Waals surface area contributed by atoms with Crippen molar-refractivity contribution in [3.05, 3.63) is 42.0 Å². The molecule has 176 valence electrons. The summed E-state index contributed by atoms with van der Waals surface area (Å²) in [6.07, 6.45) is 1.03. The lowest BCUT2D eigenvalue weighted by Crippen LogP contribution is -2.48. The number of carbonyl (C=O) groups is 1. The number of nitrogens with one attached hydrogen (secondary N) is 1. The molecule has 0 saturated carbocycles. The minimum Gasteiger partial charge on any atom is -0.497 e. The predicted molar refractivity (Wildman–Crippen MR) is 122 cm³/mol. The van der Waals surface area contributed by atoms with Gasteiger partial charge in [-0.3, -0.25) is 9.10 Å². The van der Waals surface area contributed by atoms with Crippen LogP contribution in [0, 0.1) is 0 Å². The van der Waals surface area contributed by atoms with E-state index in [1.54, 1.807) is 44.4 Å². The number of benzene rings is 2. The highest BCUT2D eigenvalue weighted by Crippen LogP contribution is 2.35. The van der Waals surface area contributed by atoms with Gasteiger partial charge in [-0.25, -0.2) is 8.42 Å². The summed E-state index contributed by atoms with van der Waals surface area (Å²) in [7, 11) is 2.12. The molecule has 10 heteroatoms. The van der Waals surface area contributed by atoms with Crippen LogP contribution in [0.1, 0.15) is 25.5 Å². The highest BCUT2D eigenvalue weighted by atomic mass is 32.2. The van der Waals surface area contributed by atoms with Gasteiger partial charge in [0.05, 0.1) is 46.4 Å². The maximum Gasteiger partial charge on any atom is 0.244 e. The van der Waals surface area contributed by atoms with E-state index in [4.69, 9.17) is 18.9 Å². The van der Waals surface area contributed by atoms with Crippen LogP contribution in [0.4, 0.5) is 5.69 Å². The highest BCUT2D eigenvalue weighted by molar-refractivity contribution is 7.92. The van der Waals surface area contributed by atoms with E-state index in [2.05, 4.69) is 5.32 Å². The van der Waals surface area contributed by atoms with Crippen LogP contribution >= 0.6 is 0 Å². The molecule has 9 nitrogen and oxygen atoms in total. The molecule has 2 aromatic carbocycles. The van der Waals surface area contributed by atoms with Gasteiger partial charge in [-0.15, -0.1) is 0 Å². The van der Waals surface area contributed by atoms with Crippen molar-refractivity contribution in [2.45, 2.75) is 25.9 Å². The van der Waals surface area contributed by atoms with Crippen LogP contribution in [0.3, 0.4) is 0 Å². The quantitative estimate of drug-likeness (QED) is 0.574. The van der Waals surface area contributed by atoms with E-state index in [-0.39, 0.29) is 5.69 Å². The topological polar surface area (TPSA) is 103 Å². The maximum atomic E-state index is 13.1. The number of hydrogen-bond donors (Lipinski definition) is 1. The lowest BCUT2D eigenvalue weighted by molar-refractivity contribution is -0.122. The lowest BCUT2D eigenvalue weighted by Gasteiger charge is -2.30. The fraction of sp³-hybridized carbons (Fsp3) is 0.409. The Morgan fingerprint density at radius 3 is 1.91 bits per heavy atom. The molecule has 0 radical (unpaired) electrons. The van der Waals surface area contributed by atoms with Gasteiger partial charge in [-0.2, -0.15) is 0 Å². The summed E-state index contributed by atoms with van der Waals surface area (Å²) in [5.74, 6) is 1.39. The first kappa shape index (κ1) is 25.1. The maximum absolute atomic E-state index is 13.1. The van der Waals surface area contributed by atoms with Crippen LogP contribution < -0.4 is 28.6 Å². The van der Waals surface area contributed by atoms with Crippen LogP contribution in [0.5, 0.6) is 23.0 Å².